The van der Waals surface area contributed by atoms with Gasteiger partial charge < -0.3 is 9.52 Å². The van der Waals surface area contributed by atoms with Crippen molar-refractivity contribution >= 4 is 37.6 Å². The van der Waals surface area contributed by atoms with Crippen molar-refractivity contribution in [1.82, 2.24) is 0 Å². The summed E-state index contributed by atoms with van der Waals surface area (Å²) >= 11 is 3.08. The summed E-state index contributed by atoms with van der Waals surface area (Å²) in [5.74, 6) is -2.71. The van der Waals surface area contributed by atoms with Crippen LogP contribution in [0.4, 0.5) is 10.1 Å². The molecule has 0 unspecified atom stereocenters. The maximum absolute atomic E-state index is 13.5. The van der Waals surface area contributed by atoms with Crippen LogP contribution >= 0.6 is 15.9 Å². The molecule has 9 heteroatoms. The van der Waals surface area contributed by atoms with Crippen LogP contribution in [0.3, 0.4) is 0 Å². The molecule has 0 aliphatic rings. The lowest BCUT2D eigenvalue weighted by Crippen LogP contribution is -2.13. The molecular weight excluding hydrogens is 357 g/mol. The largest absolute Gasteiger partial charge is 0.475 e. The van der Waals surface area contributed by atoms with Gasteiger partial charge in [0.2, 0.25) is 10.9 Å². The Bertz CT molecular complexity index is 771. The second-order valence-electron chi connectivity index (χ2n) is 3.65. The van der Waals surface area contributed by atoms with Crippen LogP contribution in [-0.2, 0) is 10.0 Å². The van der Waals surface area contributed by atoms with Crippen LogP contribution in [0, 0.1) is 5.82 Å². The van der Waals surface area contributed by atoms with Gasteiger partial charge >= 0.3 is 5.97 Å². The first-order valence-corrected chi connectivity index (χ1v) is 7.38. The molecule has 106 valence electrons. The standard InChI is InChI=1S/C11H7BrFNO5S/c12-6-1-2-7(13)8(5-6)14-20(17,18)10-4-3-9(19-10)11(15)16/h1-5,14H,(H,15,16). The first kappa shape index (κ1) is 14.5. The Kier molecular flexibility index (Phi) is 3.82. The molecule has 0 bridgehead atoms. The summed E-state index contributed by atoms with van der Waals surface area (Å²) in [4.78, 5) is 10.6. The van der Waals surface area contributed by atoms with Crippen LogP contribution in [0.25, 0.3) is 0 Å². The number of hydrogen-bond acceptors (Lipinski definition) is 4. The van der Waals surface area contributed by atoms with Gasteiger partial charge in [-0.3, -0.25) is 4.72 Å². The Morgan fingerprint density at radius 1 is 1.30 bits per heavy atom. The summed E-state index contributed by atoms with van der Waals surface area (Å²) in [6, 6.07) is 5.68. The zero-order valence-electron chi connectivity index (χ0n) is 9.63. The lowest BCUT2D eigenvalue weighted by molar-refractivity contribution is 0.0656. The topological polar surface area (TPSA) is 96.6 Å². The minimum absolute atomic E-state index is 0.285. The highest BCUT2D eigenvalue weighted by molar-refractivity contribution is 9.10. The fourth-order valence-electron chi connectivity index (χ4n) is 1.35. The zero-order valence-corrected chi connectivity index (χ0v) is 12.0. The second kappa shape index (κ2) is 5.25. The van der Waals surface area contributed by atoms with Crippen molar-refractivity contribution in [3.63, 3.8) is 0 Å². The van der Waals surface area contributed by atoms with E-state index in [0.29, 0.717) is 4.47 Å². The average Bonchev–Trinajstić information content (AvgIpc) is 2.84. The van der Waals surface area contributed by atoms with Gasteiger partial charge in [0.15, 0.2) is 0 Å². The number of carboxylic acids is 1. The molecule has 0 saturated heterocycles. The van der Waals surface area contributed by atoms with E-state index in [1.807, 2.05) is 4.72 Å². The van der Waals surface area contributed by atoms with E-state index in [0.717, 1.165) is 18.2 Å². The Morgan fingerprint density at radius 2 is 2.00 bits per heavy atom. The van der Waals surface area contributed by atoms with E-state index in [2.05, 4.69) is 20.3 Å². The van der Waals surface area contributed by atoms with Gasteiger partial charge in [0, 0.05) is 4.47 Å². The monoisotopic (exact) mass is 363 g/mol. The minimum atomic E-state index is -4.21. The van der Waals surface area contributed by atoms with Gasteiger partial charge in [-0.2, -0.15) is 8.42 Å². The lowest BCUT2D eigenvalue weighted by Gasteiger charge is -2.07. The molecule has 1 heterocycles. The molecule has 0 radical (unpaired) electrons. The summed E-state index contributed by atoms with van der Waals surface area (Å²) in [5, 5.41) is 8.04. The number of aromatic carboxylic acids is 1. The number of carboxylic acid groups (broad SMARTS) is 1. The predicted molar refractivity (Wildman–Crippen MR) is 70.6 cm³/mol. The number of furan rings is 1. The molecule has 1 aromatic heterocycles. The molecule has 2 rings (SSSR count). The molecule has 2 N–H and O–H groups in total. The molecule has 0 spiro atoms. The molecule has 0 saturated carbocycles. The van der Waals surface area contributed by atoms with Gasteiger partial charge in [0.05, 0.1) is 5.69 Å². The molecule has 20 heavy (non-hydrogen) atoms. The van der Waals surface area contributed by atoms with Gasteiger partial charge in [-0.1, -0.05) is 15.9 Å². The average molecular weight is 364 g/mol. The normalized spacial score (nSPS) is 11.3. The highest BCUT2D eigenvalue weighted by atomic mass is 79.9. The van der Waals surface area contributed by atoms with Crippen molar-refractivity contribution in [2.24, 2.45) is 0 Å². The van der Waals surface area contributed by atoms with Crippen LogP contribution < -0.4 is 4.72 Å². The maximum atomic E-state index is 13.5. The minimum Gasteiger partial charge on any atom is -0.475 e. The van der Waals surface area contributed by atoms with Crippen LogP contribution in [0.15, 0.2) is 44.3 Å². The van der Waals surface area contributed by atoms with E-state index in [9.17, 15) is 17.6 Å². The highest BCUT2D eigenvalue weighted by Gasteiger charge is 2.22. The molecule has 0 atom stereocenters. The third-order valence-corrected chi connectivity index (χ3v) is 3.96. The van der Waals surface area contributed by atoms with E-state index >= 15 is 0 Å². The zero-order chi connectivity index (χ0) is 14.9. The highest BCUT2D eigenvalue weighted by Crippen LogP contribution is 2.24. The van der Waals surface area contributed by atoms with E-state index in [1.165, 1.54) is 12.1 Å². The third-order valence-electron chi connectivity index (χ3n) is 2.23. The molecule has 1 aromatic carbocycles. The van der Waals surface area contributed by atoms with Gasteiger partial charge in [-0.15, -0.1) is 0 Å². The Labute approximate surface area is 121 Å². The third kappa shape index (κ3) is 2.99. The van der Waals surface area contributed by atoms with E-state index in [-0.39, 0.29) is 5.69 Å². The molecule has 6 nitrogen and oxygen atoms in total. The molecule has 0 aliphatic carbocycles. The Hall–Kier alpha value is -1.87. The van der Waals surface area contributed by atoms with E-state index < -0.39 is 32.7 Å². The van der Waals surface area contributed by atoms with E-state index in [4.69, 9.17) is 5.11 Å². The molecule has 0 amide bonds. The van der Waals surface area contributed by atoms with Crippen molar-refractivity contribution in [2.45, 2.75) is 5.09 Å². The predicted octanol–water partition coefficient (Wildman–Crippen LogP) is 2.68. The van der Waals surface area contributed by atoms with Crippen molar-refractivity contribution in [2.75, 3.05) is 4.72 Å². The fourth-order valence-corrected chi connectivity index (χ4v) is 2.70. The molecule has 2 aromatic rings. The number of hydrogen-bond donors (Lipinski definition) is 2. The molecule has 0 fully saturated rings. The number of anilines is 1. The van der Waals surface area contributed by atoms with Gasteiger partial charge in [0.1, 0.15) is 5.82 Å². The first-order valence-electron chi connectivity index (χ1n) is 5.10. The summed E-state index contributed by atoms with van der Waals surface area (Å²) in [6.07, 6.45) is 0. The fraction of sp³-hybridized carbons (Fsp3) is 0. The SMILES string of the molecule is O=C(O)c1ccc(S(=O)(=O)Nc2cc(Br)ccc2F)o1. The van der Waals surface area contributed by atoms with Gasteiger partial charge in [-0.25, -0.2) is 9.18 Å². The quantitative estimate of drug-likeness (QED) is 0.870. The maximum Gasteiger partial charge on any atom is 0.371 e. The Morgan fingerprint density at radius 3 is 2.60 bits per heavy atom. The number of carbonyl (C=O) groups is 1. The van der Waals surface area contributed by atoms with Crippen molar-refractivity contribution in [1.29, 1.82) is 0 Å². The number of nitrogens with one attached hydrogen (secondary N) is 1. The van der Waals surface area contributed by atoms with E-state index in [1.54, 1.807) is 0 Å². The van der Waals surface area contributed by atoms with Crippen LogP contribution in [-0.4, -0.2) is 19.5 Å². The second-order valence-corrected chi connectivity index (χ2v) is 6.18. The lowest BCUT2D eigenvalue weighted by atomic mass is 10.3. The number of halogens is 2. The smallest absolute Gasteiger partial charge is 0.371 e. The first-order chi connectivity index (χ1) is 9.29. The van der Waals surface area contributed by atoms with Crippen molar-refractivity contribution in [3.8, 4) is 0 Å². The molecule has 0 aliphatic heterocycles. The number of benzene rings is 1. The number of rotatable bonds is 4. The summed E-state index contributed by atoms with van der Waals surface area (Å²) in [6.45, 7) is 0. The Balaban J connectivity index is 2.35. The number of sulfonamides is 1. The van der Waals surface area contributed by atoms with Crippen LogP contribution in [0.5, 0.6) is 0 Å². The van der Waals surface area contributed by atoms with Crippen molar-refractivity contribution in [3.05, 3.63) is 46.4 Å². The van der Waals surface area contributed by atoms with Crippen LogP contribution in [0.1, 0.15) is 10.6 Å². The van der Waals surface area contributed by atoms with Gasteiger partial charge in [0.25, 0.3) is 10.0 Å². The van der Waals surface area contributed by atoms with Crippen molar-refractivity contribution < 1.29 is 27.1 Å². The summed E-state index contributed by atoms with van der Waals surface area (Å²) < 4.78 is 44.4. The summed E-state index contributed by atoms with van der Waals surface area (Å²) in [5.41, 5.74) is -0.285. The summed E-state index contributed by atoms with van der Waals surface area (Å²) in [7, 11) is -4.21. The van der Waals surface area contributed by atoms with Gasteiger partial charge in [-0.05, 0) is 30.3 Å². The molecular formula is C11H7BrFNO5S. The van der Waals surface area contributed by atoms with Crippen LogP contribution in [0.2, 0.25) is 0 Å².